The Balaban J connectivity index is 1.53. The highest BCUT2D eigenvalue weighted by Crippen LogP contribution is 2.31. The van der Waals surface area contributed by atoms with Gasteiger partial charge in [0.2, 0.25) is 0 Å². The van der Waals surface area contributed by atoms with Crippen molar-refractivity contribution in [1.82, 2.24) is 9.88 Å². The van der Waals surface area contributed by atoms with Gasteiger partial charge in [0.15, 0.2) is 16.6 Å². The van der Waals surface area contributed by atoms with E-state index in [0.29, 0.717) is 18.0 Å². The molecule has 1 amide bonds. The molecule has 1 aliphatic heterocycles. The van der Waals surface area contributed by atoms with Crippen LogP contribution in [0.1, 0.15) is 17.5 Å². The Morgan fingerprint density at radius 1 is 1.15 bits per heavy atom. The number of aryl methyl sites for hydroxylation is 1. The number of nitrogens with zero attached hydrogens (tertiary/aromatic N) is 3. The van der Waals surface area contributed by atoms with Gasteiger partial charge in [0.25, 0.3) is 5.91 Å². The highest BCUT2D eigenvalue weighted by atomic mass is 32.1. The van der Waals surface area contributed by atoms with Crippen LogP contribution < -0.4 is 14.4 Å². The lowest BCUT2D eigenvalue weighted by Gasteiger charge is -2.27. The minimum Gasteiger partial charge on any atom is -0.493 e. The van der Waals surface area contributed by atoms with Crippen molar-refractivity contribution in [3.8, 4) is 11.5 Å². The predicted molar refractivity (Wildman–Crippen MR) is 137 cm³/mol. The number of hydrogen-bond acceptors (Lipinski definition) is 7. The zero-order valence-corrected chi connectivity index (χ0v) is 20.8. The van der Waals surface area contributed by atoms with Gasteiger partial charge in [0.05, 0.1) is 37.6 Å². The van der Waals surface area contributed by atoms with E-state index in [-0.39, 0.29) is 5.91 Å². The van der Waals surface area contributed by atoms with Gasteiger partial charge in [0, 0.05) is 32.3 Å². The fourth-order valence-corrected chi connectivity index (χ4v) is 5.02. The van der Waals surface area contributed by atoms with E-state index >= 15 is 0 Å². The van der Waals surface area contributed by atoms with E-state index in [4.69, 9.17) is 19.2 Å². The van der Waals surface area contributed by atoms with Gasteiger partial charge in [-0.3, -0.25) is 14.6 Å². The van der Waals surface area contributed by atoms with Crippen molar-refractivity contribution in [3.63, 3.8) is 0 Å². The number of ether oxygens (including phenoxy) is 3. The topological polar surface area (TPSA) is 64.1 Å². The molecule has 8 heteroatoms. The Labute approximate surface area is 204 Å². The summed E-state index contributed by atoms with van der Waals surface area (Å²) in [5.41, 5.74) is 2.96. The average Bonchev–Trinajstić information content (AvgIpc) is 3.28. The van der Waals surface area contributed by atoms with E-state index in [9.17, 15) is 4.79 Å². The summed E-state index contributed by atoms with van der Waals surface area (Å²) in [6, 6.07) is 11.8. The van der Waals surface area contributed by atoms with E-state index in [2.05, 4.69) is 17.9 Å². The van der Waals surface area contributed by atoms with Gasteiger partial charge < -0.3 is 14.2 Å². The minimum atomic E-state index is -0.0902. The Kier molecular flexibility index (Phi) is 8.16. The maximum absolute atomic E-state index is 13.3. The number of carbonyl (C=O) groups excluding carboxylic acids is 1. The molecular formula is C26H31N3O4S. The number of rotatable bonds is 9. The second-order valence-corrected chi connectivity index (χ2v) is 9.22. The molecule has 0 atom stereocenters. The Morgan fingerprint density at radius 3 is 2.71 bits per heavy atom. The van der Waals surface area contributed by atoms with Crippen LogP contribution in [0.4, 0.5) is 5.13 Å². The van der Waals surface area contributed by atoms with Gasteiger partial charge >= 0.3 is 0 Å². The molecule has 2 heterocycles. The summed E-state index contributed by atoms with van der Waals surface area (Å²) in [4.78, 5) is 22.3. The van der Waals surface area contributed by atoms with Crippen LogP contribution in [0.25, 0.3) is 16.3 Å². The molecule has 0 unspecified atom stereocenters. The highest BCUT2D eigenvalue weighted by Gasteiger charge is 2.19. The second-order valence-electron chi connectivity index (χ2n) is 8.21. The van der Waals surface area contributed by atoms with Crippen molar-refractivity contribution in [2.75, 3.05) is 58.5 Å². The molecule has 1 aliphatic rings. The third-order valence-corrected chi connectivity index (χ3v) is 6.86. The van der Waals surface area contributed by atoms with E-state index < -0.39 is 0 Å². The third-order valence-electron chi connectivity index (χ3n) is 5.82. The summed E-state index contributed by atoms with van der Waals surface area (Å²) in [7, 11) is 3.20. The number of anilines is 1. The molecule has 0 N–H and O–H groups in total. The smallest absolute Gasteiger partial charge is 0.252 e. The summed E-state index contributed by atoms with van der Waals surface area (Å²) < 4.78 is 17.2. The van der Waals surface area contributed by atoms with Gasteiger partial charge in [-0.15, -0.1) is 0 Å². The van der Waals surface area contributed by atoms with Crippen molar-refractivity contribution < 1.29 is 19.0 Å². The largest absolute Gasteiger partial charge is 0.493 e. The number of benzene rings is 2. The summed E-state index contributed by atoms with van der Waals surface area (Å²) in [5.74, 6) is 1.19. The number of morpholine rings is 1. The fourth-order valence-electron chi connectivity index (χ4n) is 3.93. The van der Waals surface area contributed by atoms with E-state index in [1.54, 1.807) is 42.6 Å². The van der Waals surface area contributed by atoms with Crippen LogP contribution in [0.3, 0.4) is 0 Å². The van der Waals surface area contributed by atoms with Crippen LogP contribution in [-0.4, -0.2) is 69.4 Å². The molecule has 34 heavy (non-hydrogen) atoms. The summed E-state index contributed by atoms with van der Waals surface area (Å²) in [6.45, 7) is 7.01. The van der Waals surface area contributed by atoms with E-state index in [1.807, 2.05) is 30.3 Å². The molecule has 1 fully saturated rings. The van der Waals surface area contributed by atoms with Crippen molar-refractivity contribution in [2.24, 2.45) is 0 Å². The van der Waals surface area contributed by atoms with Crippen LogP contribution in [0, 0.1) is 6.92 Å². The number of amides is 1. The number of aromatic nitrogens is 1. The summed E-state index contributed by atoms with van der Waals surface area (Å²) in [6.07, 6.45) is 4.27. The molecule has 0 radical (unpaired) electrons. The number of thiazole rings is 1. The first-order chi connectivity index (χ1) is 16.6. The molecule has 1 saturated heterocycles. The van der Waals surface area contributed by atoms with Gasteiger partial charge in [0.1, 0.15) is 0 Å². The predicted octanol–water partition coefficient (Wildman–Crippen LogP) is 4.39. The fraction of sp³-hybridized carbons (Fsp3) is 0.385. The van der Waals surface area contributed by atoms with Gasteiger partial charge in [-0.25, -0.2) is 4.98 Å². The molecule has 2 aromatic carbocycles. The lowest BCUT2D eigenvalue weighted by atomic mass is 10.2. The molecule has 0 aliphatic carbocycles. The number of hydrogen-bond donors (Lipinski definition) is 0. The third kappa shape index (κ3) is 5.94. The first-order valence-corrected chi connectivity index (χ1v) is 12.3. The molecule has 180 valence electrons. The van der Waals surface area contributed by atoms with Gasteiger partial charge in [-0.2, -0.15) is 0 Å². The summed E-state index contributed by atoms with van der Waals surface area (Å²) >= 11 is 1.56. The molecule has 0 spiro atoms. The standard InChI is InChI=1S/C26H31N3O4S/c1-19-5-8-21-24(17-19)34-26(27-21)29(12-4-11-28-13-15-33-16-14-28)25(30)10-7-20-6-9-22(31-2)23(18-20)32-3/h5-10,17-18H,4,11-16H2,1-3H3/b10-7+. The van der Waals surface area contributed by atoms with Crippen LogP contribution >= 0.6 is 11.3 Å². The van der Waals surface area contributed by atoms with Crippen molar-refractivity contribution in [1.29, 1.82) is 0 Å². The normalized spacial score (nSPS) is 14.6. The Bertz CT molecular complexity index is 1150. The highest BCUT2D eigenvalue weighted by molar-refractivity contribution is 7.22. The zero-order chi connectivity index (χ0) is 23.9. The molecule has 7 nitrogen and oxygen atoms in total. The van der Waals surface area contributed by atoms with Crippen LogP contribution in [0.2, 0.25) is 0 Å². The first-order valence-electron chi connectivity index (χ1n) is 11.5. The Hall–Kier alpha value is -2.94. The molecule has 3 aromatic rings. The maximum atomic E-state index is 13.3. The molecule has 0 saturated carbocycles. The molecule has 4 rings (SSSR count). The Morgan fingerprint density at radius 2 is 1.94 bits per heavy atom. The zero-order valence-electron chi connectivity index (χ0n) is 20.0. The van der Waals surface area contributed by atoms with Crippen LogP contribution in [0.15, 0.2) is 42.5 Å². The van der Waals surface area contributed by atoms with Crippen molar-refractivity contribution in [3.05, 3.63) is 53.6 Å². The maximum Gasteiger partial charge on any atom is 0.252 e. The van der Waals surface area contributed by atoms with E-state index in [0.717, 1.165) is 60.2 Å². The van der Waals surface area contributed by atoms with Crippen molar-refractivity contribution >= 4 is 38.7 Å². The quantitative estimate of drug-likeness (QED) is 0.423. The first kappa shape index (κ1) is 24.2. The average molecular weight is 482 g/mol. The van der Waals surface area contributed by atoms with Crippen molar-refractivity contribution in [2.45, 2.75) is 13.3 Å². The number of carbonyl (C=O) groups is 1. The van der Waals surface area contributed by atoms with Gasteiger partial charge in [-0.05, 0) is 54.8 Å². The molecule has 1 aromatic heterocycles. The van der Waals surface area contributed by atoms with E-state index in [1.165, 1.54) is 5.56 Å². The SMILES string of the molecule is COc1ccc(/C=C/C(=O)N(CCCN2CCOCC2)c2nc3ccc(C)cc3s2)cc1OC. The number of methoxy groups -OCH3 is 2. The van der Waals surface area contributed by atoms with Crippen LogP contribution in [-0.2, 0) is 9.53 Å². The monoisotopic (exact) mass is 481 g/mol. The minimum absolute atomic E-state index is 0.0902. The van der Waals surface area contributed by atoms with Gasteiger partial charge in [-0.1, -0.05) is 23.5 Å². The summed E-state index contributed by atoms with van der Waals surface area (Å²) in [5, 5.41) is 0.726. The molecule has 0 bridgehead atoms. The lowest BCUT2D eigenvalue weighted by Crippen LogP contribution is -2.39. The second kappa shape index (κ2) is 11.5. The van der Waals surface area contributed by atoms with Crippen LogP contribution in [0.5, 0.6) is 11.5 Å². The number of fused-ring (bicyclic) bond motifs is 1. The molecular weight excluding hydrogens is 450 g/mol. The lowest BCUT2D eigenvalue weighted by molar-refractivity contribution is -0.114.